The van der Waals surface area contributed by atoms with Crippen LogP contribution in [-0.4, -0.2) is 35.4 Å². The molecule has 2 aromatic carbocycles. The lowest BCUT2D eigenvalue weighted by atomic mass is 10.0. The average molecular weight is 352 g/mol. The largest absolute Gasteiger partial charge is 0.482 e. The van der Waals surface area contributed by atoms with Crippen molar-refractivity contribution in [2.24, 2.45) is 0 Å². The van der Waals surface area contributed by atoms with Crippen molar-refractivity contribution in [3.8, 4) is 11.5 Å². The molecule has 0 atom stereocenters. The summed E-state index contributed by atoms with van der Waals surface area (Å²) in [6.07, 6.45) is -0.0422. The predicted octanol–water partition coefficient (Wildman–Crippen LogP) is 2.48. The summed E-state index contributed by atoms with van der Waals surface area (Å²) < 4.78 is 37.3. The third-order valence-corrected chi connectivity index (χ3v) is 3.13. The Kier molecular flexibility index (Phi) is 5.89. The highest BCUT2D eigenvalue weighted by Gasteiger charge is 2.13. The molecule has 0 aromatic heterocycles. The fourth-order valence-electron chi connectivity index (χ4n) is 2.14. The maximum absolute atomic E-state index is 13.5. The summed E-state index contributed by atoms with van der Waals surface area (Å²) in [5.41, 5.74) is 0.541. The van der Waals surface area contributed by atoms with Gasteiger partial charge in [0.2, 0.25) is 0 Å². The highest BCUT2D eigenvalue weighted by atomic mass is 19.1. The van der Waals surface area contributed by atoms with Gasteiger partial charge in [0, 0.05) is 17.5 Å². The summed E-state index contributed by atoms with van der Waals surface area (Å²) in [5.74, 6) is -3.32. The van der Waals surface area contributed by atoms with Crippen LogP contribution < -0.4 is 9.47 Å². The topological polar surface area (TPSA) is 93.1 Å². The van der Waals surface area contributed by atoms with Crippen molar-refractivity contribution in [1.82, 2.24) is 0 Å². The van der Waals surface area contributed by atoms with Crippen molar-refractivity contribution in [3.05, 3.63) is 59.2 Å². The van der Waals surface area contributed by atoms with E-state index >= 15 is 0 Å². The summed E-state index contributed by atoms with van der Waals surface area (Å²) in [7, 11) is 0. The van der Waals surface area contributed by atoms with E-state index in [0.29, 0.717) is 0 Å². The monoisotopic (exact) mass is 352 g/mol. The molecule has 0 saturated heterocycles. The molecule has 0 spiro atoms. The number of hydrogen-bond acceptors (Lipinski definition) is 4. The molecule has 6 nitrogen and oxygen atoms in total. The van der Waals surface area contributed by atoms with Crippen LogP contribution in [0.4, 0.5) is 8.78 Å². The van der Waals surface area contributed by atoms with Gasteiger partial charge < -0.3 is 19.7 Å². The molecule has 0 bridgehead atoms. The first-order valence-corrected chi connectivity index (χ1v) is 7.11. The molecular weight excluding hydrogens is 338 g/mol. The minimum atomic E-state index is -1.20. The summed E-state index contributed by atoms with van der Waals surface area (Å²) >= 11 is 0. The Bertz CT molecular complexity index is 725. The van der Waals surface area contributed by atoms with Crippen LogP contribution >= 0.6 is 0 Å². The summed E-state index contributed by atoms with van der Waals surface area (Å²) in [4.78, 5) is 21.3. The fourth-order valence-corrected chi connectivity index (χ4v) is 2.14. The van der Waals surface area contributed by atoms with Crippen LogP contribution in [0.15, 0.2) is 36.4 Å². The second-order valence-electron chi connectivity index (χ2n) is 5.05. The van der Waals surface area contributed by atoms with Crippen molar-refractivity contribution in [2.75, 3.05) is 13.2 Å². The first kappa shape index (κ1) is 18.2. The van der Waals surface area contributed by atoms with E-state index in [0.717, 1.165) is 24.3 Å². The van der Waals surface area contributed by atoms with Crippen LogP contribution in [0.2, 0.25) is 0 Å². The highest BCUT2D eigenvalue weighted by molar-refractivity contribution is 5.69. The molecule has 2 aromatic rings. The van der Waals surface area contributed by atoms with Crippen LogP contribution in [0.3, 0.4) is 0 Å². The Balaban J connectivity index is 2.31. The van der Waals surface area contributed by atoms with Gasteiger partial charge in [-0.05, 0) is 36.4 Å². The van der Waals surface area contributed by atoms with E-state index in [1.54, 1.807) is 0 Å². The van der Waals surface area contributed by atoms with Gasteiger partial charge in [0.15, 0.2) is 13.2 Å². The fraction of sp³-hybridized carbons (Fsp3) is 0.176. The zero-order valence-corrected chi connectivity index (χ0v) is 12.9. The van der Waals surface area contributed by atoms with Crippen molar-refractivity contribution >= 4 is 11.9 Å². The van der Waals surface area contributed by atoms with E-state index in [-0.39, 0.29) is 29.0 Å². The van der Waals surface area contributed by atoms with E-state index in [4.69, 9.17) is 19.7 Å². The van der Waals surface area contributed by atoms with Gasteiger partial charge in [0.25, 0.3) is 0 Å². The van der Waals surface area contributed by atoms with Gasteiger partial charge in [-0.3, -0.25) is 0 Å². The van der Waals surface area contributed by atoms with Crippen molar-refractivity contribution in [3.63, 3.8) is 0 Å². The normalized spacial score (nSPS) is 10.3. The first-order valence-electron chi connectivity index (χ1n) is 7.11. The average Bonchev–Trinajstić information content (AvgIpc) is 2.53. The molecular formula is C17H14F2O6. The lowest BCUT2D eigenvalue weighted by molar-refractivity contribution is -0.140. The van der Waals surface area contributed by atoms with Gasteiger partial charge >= 0.3 is 11.9 Å². The number of ether oxygens (including phenoxy) is 2. The Morgan fingerprint density at radius 2 is 1.20 bits per heavy atom. The lowest BCUT2D eigenvalue weighted by Gasteiger charge is -2.13. The van der Waals surface area contributed by atoms with E-state index in [1.807, 2.05) is 0 Å². The SMILES string of the molecule is O=C(O)COc1ccc(F)cc1Cc1cc(F)ccc1OCC(=O)O. The van der Waals surface area contributed by atoms with Crippen LogP contribution in [0.5, 0.6) is 11.5 Å². The van der Waals surface area contributed by atoms with Crippen LogP contribution in [-0.2, 0) is 16.0 Å². The quantitative estimate of drug-likeness (QED) is 0.758. The smallest absolute Gasteiger partial charge is 0.341 e. The molecule has 132 valence electrons. The minimum Gasteiger partial charge on any atom is -0.482 e. The third kappa shape index (κ3) is 5.45. The molecule has 0 unspecified atom stereocenters. The van der Waals surface area contributed by atoms with E-state index in [1.165, 1.54) is 12.1 Å². The maximum Gasteiger partial charge on any atom is 0.341 e. The number of halogens is 2. The second kappa shape index (κ2) is 8.09. The van der Waals surface area contributed by atoms with Crippen molar-refractivity contribution in [1.29, 1.82) is 0 Å². The summed E-state index contributed by atoms with van der Waals surface area (Å²) in [5, 5.41) is 17.4. The molecule has 0 aliphatic rings. The van der Waals surface area contributed by atoms with Gasteiger partial charge in [0.05, 0.1) is 0 Å². The molecule has 8 heteroatoms. The molecule has 0 radical (unpaired) electrons. The highest BCUT2D eigenvalue weighted by Crippen LogP contribution is 2.28. The maximum atomic E-state index is 13.5. The summed E-state index contributed by atoms with van der Waals surface area (Å²) in [6.45, 7) is -1.24. The third-order valence-electron chi connectivity index (χ3n) is 3.13. The molecule has 0 saturated carbocycles. The van der Waals surface area contributed by atoms with Gasteiger partial charge in [-0.2, -0.15) is 0 Å². The molecule has 2 rings (SSSR count). The summed E-state index contributed by atoms with van der Waals surface area (Å²) in [6, 6.07) is 7.00. The number of aliphatic carboxylic acids is 2. The Hall–Kier alpha value is -3.16. The Morgan fingerprint density at radius 1 is 0.800 bits per heavy atom. The van der Waals surface area contributed by atoms with E-state index < -0.39 is 36.8 Å². The van der Waals surface area contributed by atoms with Crippen molar-refractivity contribution < 1.29 is 38.1 Å². The second-order valence-corrected chi connectivity index (χ2v) is 5.05. The van der Waals surface area contributed by atoms with Crippen LogP contribution in [0, 0.1) is 11.6 Å². The standard InChI is InChI=1S/C17H14F2O6/c18-12-1-3-14(24-8-16(20)21)10(6-12)5-11-7-13(19)2-4-15(11)25-9-17(22)23/h1-4,6-7H,5,8-9H2,(H,20,21)(H,22,23). The number of benzene rings is 2. The predicted molar refractivity (Wildman–Crippen MR) is 81.9 cm³/mol. The van der Waals surface area contributed by atoms with Gasteiger partial charge in [-0.15, -0.1) is 0 Å². The molecule has 25 heavy (non-hydrogen) atoms. The van der Waals surface area contributed by atoms with Gasteiger partial charge in [-0.1, -0.05) is 0 Å². The molecule has 0 fully saturated rings. The zero-order valence-electron chi connectivity index (χ0n) is 12.9. The van der Waals surface area contributed by atoms with Crippen LogP contribution in [0.25, 0.3) is 0 Å². The number of carboxylic acids is 2. The number of carbonyl (C=O) groups is 2. The lowest BCUT2D eigenvalue weighted by Crippen LogP contribution is -2.12. The number of hydrogen-bond donors (Lipinski definition) is 2. The first-order chi connectivity index (χ1) is 11.8. The van der Waals surface area contributed by atoms with E-state index in [9.17, 15) is 18.4 Å². The Labute approximate surface area is 141 Å². The Morgan fingerprint density at radius 3 is 1.56 bits per heavy atom. The van der Waals surface area contributed by atoms with Gasteiger partial charge in [0.1, 0.15) is 23.1 Å². The van der Waals surface area contributed by atoms with E-state index in [2.05, 4.69) is 0 Å². The molecule has 0 aliphatic heterocycles. The van der Waals surface area contributed by atoms with Crippen LogP contribution in [0.1, 0.15) is 11.1 Å². The minimum absolute atomic E-state index is 0.0422. The number of carboxylic acid groups (broad SMARTS) is 2. The van der Waals surface area contributed by atoms with Crippen molar-refractivity contribution in [2.45, 2.75) is 6.42 Å². The molecule has 0 amide bonds. The zero-order chi connectivity index (χ0) is 18.4. The van der Waals surface area contributed by atoms with Gasteiger partial charge in [-0.25, -0.2) is 18.4 Å². The molecule has 2 N–H and O–H groups in total. The molecule has 0 aliphatic carbocycles. The number of rotatable bonds is 8. The molecule has 0 heterocycles.